The van der Waals surface area contributed by atoms with Crippen LogP contribution in [-0.2, 0) is 11.4 Å². The van der Waals surface area contributed by atoms with E-state index in [0.717, 1.165) is 16.7 Å². The average Bonchev–Trinajstić information content (AvgIpc) is 2.69. The summed E-state index contributed by atoms with van der Waals surface area (Å²) in [4.78, 5) is 16.5. The number of aromatic nitrogens is 1. The molecule has 0 spiro atoms. The van der Waals surface area contributed by atoms with Gasteiger partial charge in [0.05, 0.1) is 0 Å². The SMILES string of the molecule is Cc1ccc(C)c(OCC(=O)Nc2ncccc2OCc2ccccc2)c1. The Morgan fingerprint density at radius 1 is 0.963 bits per heavy atom. The van der Waals surface area contributed by atoms with Gasteiger partial charge < -0.3 is 14.8 Å². The third-order valence-electron chi connectivity index (χ3n) is 3.97. The molecule has 0 aliphatic rings. The second-order valence-electron chi connectivity index (χ2n) is 6.23. The first kappa shape index (κ1) is 18.5. The number of hydrogen-bond donors (Lipinski definition) is 1. The van der Waals surface area contributed by atoms with Gasteiger partial charge in [0, 0.05) is 6.20 Å². The van der Waals surface area contributed by atoms with Crippen LogP contribution < -0.4 is 14.8 Å². The van der Waals surface area contributed by atoms with Gasteiger partial charge in [0.2, 0.25) is 0 Å². The summed E-state index contributed by atoms with van der Waals surface area (Å²) in [5.74, 6) is 1.30. The fourth-order valence-electron chi connectivity index (χ4n) is 2.51. The van der Waals surface area contributed by atoms with Crippen LogP contribution in [0.5, 0.6) is 11.5 Å². The summed E-state index contributed by atoms with van der Waals surface area (Å²) in [6.07, 6.45) is 1.61. The number of hydrogen-bond acceptors (Lipinski definition) is 4. The second-order valence-corrected chi connectivity index (χ2v) is 6.23. The first-order valence-electron chi connectivity index (χ1n) is 8.73. The largest absolute Gasteiger partial charge is 0.485 e. The molecule has 0 atom stereocenters. The molecule has 0 bridgehead atoms. The molecule has 27 heavy (non-hydrogen) atoms. The van der Waals surface area contributed by atoms with Gasteiger partial charge in [-0.2, -0.15) is 0 Å². The fourth-order valence-corrected chi connectivity index (χ4v) is 2.51. The van der Waals surface area contributed by atoms with Crippen LogP contribution >= 0.6 is 0 Å². The van der Waals surface area contributed by atoms with Crippen molar-refractivity contribution in [1.29, 1.82) is 0 Å². The standard InChI is InChI=1S/C22H22N2O3/c1-16-10-11-17(2)20(13-16)27-15-21(25)24-22-19(9-6-12-23-22)26-14-18-7-4-3-5-8-18/h3-13H,14-15H2,1-2H3,(H,23,24,25). The van der Waals surface area contributed by atoms with Crippen LogP contribution in [0.3, 0.4) is 0 Å². The van der Waals surface area contributed by atoms with Gasteiger partial charge >= 0.3 is 0 Å². The molecule has 1 heterocycles. The predicted octanol–water partition coefficient (Wildman–Crippen LogP) is 4.29. The van der Waals surface area contributed by atoms with E-state index in [1.165, 1.54) is 0 Å². The second kappa shape index (κ2) is 8.85. The highest BCUT2D eigenvalue weighted by Gasteiger charge is 2.11. The summed E-state index contributed by atoms with van der Waals surface area (Å²) in [6, 6.07) is 19.2. The topological polar surface area (TPSA) is 60.5 Å². The highest BCUT2D eigenvalue weighted by molar-refractivity contribution is 5.92. The number of rotatable bonds is 7. The van der Waals surface area contributed by atoms with Gasteiger partial charge in [0.25, 0.3) is 5.91 Å². The van der Waals surface area contributed by atoms with Crippen molar-refractivity contribution in [3.05, 3.63) is 83.6 Å². The Morgan fingerprint density at radius 3 is 2.59 bits per heavy atom. The van der Waals surface area contributed by atoms with E-state index in [9.17, 15) is 4.79 Å². The molecule has 0 fully saturated rings. The minimum atomic E-state index is -0.292. The number of carbonyl (C=O) groups excluding carboxylic acids is 1. The van der Waals surface area contributed by atoms with E-state index < -0.39 is 0 Å². The van der Waals surface area contributed by atoms with Crippen LogP contribution in [0.4, 0.5) is 5.82 Å². The summed E-state index contributed by atoms with van der Waals surface area (Å²) >= 11 is 0. The number of nitrogens with zero attached hydrogens (tertiary/aromatic N) is 1. The molecular weight excluding hydrogens is 340 g/mol. The third-order valence-corrected chi connectivity index (χ3v) is 3.97. The number of amides is 1. The Kier molecular flexibility index (Phi) is 6.05. The molecule has 0 saturated heterocycles. The highest BCUT2D eigenvalue weighted by atomic mass is 16.5. The number of nitrogens with one attached hydrogen (secondary N) is 1. The fraction of sp³-hybridized carbons (Fsp3) is 0.182. The first-order chi connectivity index (χ1) is 13.1. The van der Waals surface area contributed by atoms with Gasteiger partial charge in [-0.1, -0.05) is 42.5 Å². The molecule has 0 radical (unpaired) electrons. The molecule has 5 heteroatoms. The molecule has 138 valence electrons. The molecule has 0 unspecified atom stereocenters. The average molecular weight is 362 g/mol. The Balaban J connectivity index is 1.60. The van der Waals surface area contributed by atoms with Crippen molar-refractivity contribution in [2.24, 2.45) is 0 Å². The van der Waals surface area contributed by atoms with Crippen molar-refractivity contribution in [3.8, 4) is 11.5 Å². The Hall–Kier alpha value is -3.34. The normalized spacial score (nSPS) is 10.3. The Morgan fingerprint density at radius 2 is 1.78 bits per heavy atom. The van der Waals surface area contributed by atoms with E-state index in [0.29, 0.717) is 23.9 Å². The van der Waals surface area contributed by atoms with Crippen LogP contribution in [0.1, 0.15) is 16.7 Å². The lowest BCUT2D eigenvalue weighted by molar-refractivity contribution is -0.118. The van der Waals surface area contributed by atoms with Gasteiger partial charge in [-0.15, -0.1) is 0 Å². The zero-order chi connectivity index (χ0) is 19.1. The minimum absolute atomic E-state index is 0.0982. The number of carbonyl (C=O) groups is 1. The van der Waals surface area contributed by atoms with E-state index in [1.807, 2.05) is 62.4 Å². The number of benzene rings is 2. The summed E-state index contributed by atoms with van der Waals surface area (Å²) in [5.41, 5.74) is 3.10. The number of anilines is 1. The summed E-state index contributed by atoms with van der Waals surface area (Å²) in [7, 11) is 0. The van der Waals surface area contributed by atoms with Crippen molar-refractivity contribution in [2.45, 2.75) is 20.5 Å². The monoisotopic (exact) mass is 362 g/mol. The lowest BCUT2D eigenvalue weighted by atomic mass is 10.1. The summed E-state index contributed by atoms with van der Waals surface area (Å²) in [6.45, 7) is 4.23. The van der Waals surface area contributed by atoms with Crippen molar-refractivity contribution in [1.82, 2.24) is 4.98 Å². The molecule has 1 aromatic heterocycles. The molecule has 1 N–H and O–H groups in total. The molecule has 0 aliphatic heterocycles. The van der Waals surface area contributed by atoms with E-state index >= 15 is 0 Å². The third kappa shape index (κ3) is 5.31. The van der Waals surface area contributed by atoms with Gasteiger partial charge in [-0.25, -0.2) is 4.98 Å². The lowest BCUT2D eigenvalue weighted by Crippen LogP contribution is -2.21. The number of ether oxygens (including phenoxy) is 2. The number of pyridine rings is 1. The molecule has 3 aromatic rings. The molecular formula is C22H22N2O3. The van der Waals surface area contributed by atoms with Crippen molar-refractivity contribution >= 4 is 11.7 Å². The zero-order valence-corrected chi connectivity index (χ0v) is 15.4. The van der Waals surface area contributed by atoms with Crippen LogP contribution in [0, 0.1) is 13.8 Å². The van der Waals surface area contributed by atoms with E-state index in [2.05, 4.69) is 10.3 Å². The first-order valence-corrected chi connectivity index (χ1v) is 8.73. The lowest BCUT2D eigenvalue weighted by Gasteiger charge is -2.13. The quantitative estimate of drug-likeness (QED) is 0.681. The van der Waals surface area contributed by atoms with Crippen molar-refractivity contribution in [2.75, 3.05) is 11.9 Å². The van der Waals surface area contributed by atoms with Gasteiger partial charge in [-0.3, -0.25) is 4.79 Å². The molecule has 0 saturated carbocycles. The maximum Gasteiger partial charge on any atom is 0.263 e. The van der Waals surface area contributed by atoms with Gasteiger partial charge in [0.1, 0.15) is 12.4 Å². The predicted molar refractivity (Wildman–Crippen MR) is 105 cm³/mol. The number of aryl methyl sites for hydroxylation is 2. The molecule has 1 amide bonds. The van der Waals surface area contributed by atoms with Crippen LogP contribution in [-0.4, -0.2) is 17.5 Å². The Labute approximate surface area is 159 Å². The van der Waals surface area contributed by atoms with E-state index in [4.69, 9.17) is 9.47 Å². The van der Waals surface area contributed by atoms with Crippen molar-refractivity contribution in [3.63, 3.8) is 0 Å². The molecule has 0 aliphatic carbocycles. The van der Waals surface area contributed by atoms with E-state index in [-0.39, 0.29) is 12.5 Å². The summed E-state index contributed by atoms with van der Waals surface area (Å²) < 4.78 is 11.4. The maximum atomic E-state index is 12.3. The molecule has 3 rings (SSSR count). The molecule has 2 aromatic carbocycles. The smallest absolute Gasteiger partial charge is 0.263 e. The van der Waals surface area contributed by atoms with Crippen LogP contribution in [0.15, 0.2) is 66.9 Å². The summed E-state index contributed by atoms with van der Waals surface area (Å²) in [5, 5.41) is 2.75. The maximum absolute atomic E-state index is 12.3. The highest BCUT2D eigenvalue weighted by Crippen LogP contribution is 2.23. The zero-order valence-electron chi connectivity index (χ0n) is 15.4. The minimum Gasteiger partial charge on any atom is -0.485 e. The van der Waals surface area contributed by atoms with Crippen LogP contribution in [0.2, 0.25) is 0 Å². The molecule has 5 nitrogen and oxygen atoms in total. The van der Waals surface area contributed by atoms with Crippen molar-refractivity contribution < 1.29 is 14.3 Å². The van der Waals surface area contributed by atoms with Gasteiger partial charge in [0.15, 0.2) is 18.2 Å². The van der Waals surface area contributed by atoms with E-state index in [1.54, 1.807) is 18.3 Å². The van der Waals surface area contributed by atoms with Crippen LogP contribution in [0.25, 0.3) is 0 Å². The van der Waals surface area contributed by atoms with Gasteiger partial charge in [-0.05, 0) is 48.7 Å². The Bertz CT molecular complexity index is 910.